The molecule has 3 heterocycles. The fraction of sp³-hybridized carbons (Fsp3) is 0.667. The quantitative estimate of drug-likeness (QED) is 0.811. The molecule has 1 amide bonds. The van der Waals surface area contributed by atoms with E-state index < -0.39 is 0 Å². The van der Waals surface area contributed by atoms with E-state index >= 15 is 0 Å². The first kappa shape index (κ1) is 17.3. The molecule has 24 heavy (non-hydrogen) atoms. The number of amides is 1. The van der Waals surface area contributed by atoms with Crippen LogP contribution in [0.5, 0.6) is 0 Å². The summed E-state index contributed by atoms with van der Waals surface area (Å²) in [6.45, 7) is 4.21. The standard InChI is InChI=1S/C18H27N3O3/c1-13-6-4-7-14(19-13)12-24-16-10-21(17(22)11-20(2)3)15-8-5-9-23-18(15)16/h4,6-7,15-16,18H,5,8-12H2,1-3H3/t15-,16-,18+/m1/s1. The second-order valence-corrected chi connectivity index (χ2v) is 6.95. The number of ether oxygens (including phenoxy) is 2. The molecule has 1 aromatic rings. The first-order valence-electron chi connectivity index (χ1n) is 8.64. The van der Waals surface area contributed by atoms with E-state index in [4.69, 9.17) is 9.47 Å². The molecule has 3 atom stereocenters. The topological polar surface area (TPSA) is 54.9 Å². The number of rotatable bonds is 5. The van der Waals surface area contributed by atoms with Crippen LogP contribution in [-0.2, 0) is 20.9 Å². The zero-order valence-electron chi connectivity index (χ0n) is 14.8. The number of fused-ring (bicyclic) bond motifs is 1. The number of carbonyl (C=O) groups excluding carboxylic acids is 1. The van der Waals surface area contributed by atoms with E-state index in [0.29, 0.717) is 19.7 Å². The molecule has 2 aliphatic rings. The van der Waals surface area contributed by atoms with E-state index in [1.165, 1.54) is 0 Å². The van der Waals surface area contributed by atoms with Crippen LogP contribution < -0.4 is 0 Å². The van der Waals surface area contributed by atoms with Crippen LogP contribution in [0, 0.1) is 6.92 Å². The number of aromatic nitrogens is 1. The smallest absolute Gasteiger partial charge is 0.237 e. The van der Waals surface area contributed by atoms with Gasteiger partial charge in [-0.2, -0.15) is 0 Å². The molecule has 0 aromatic carbocycles. The molecule has 0 unspecified atom stereocenters. The molecule has 0 N–H and O–H groups in total. The first-order chi connectivity index (χ1) is 11.5. The Morgan fingerprint density at radius 3 is 3.04 bits per heavy atom. The lowest BCUT2D eigenvalue weighted by atomic mass is 10.0. The van der Waals surface area contributed by atoms with E-state index in [-0.39, 0.29) is 24.2 Å². The van der Waals surface area contributed by atoms with Crippen molar-refractivity contribution in [3.05, 3.63) is 29.6 Å². The van der Waals surface area contributed by atoms with Crippen LogP contribution in [0.3, 0.4) is 0 Å². The Bertz CT molecular complexity index is 578. The zero-order chi connectivity index (χ0) is 17.1. The van der Waals surface area contributed by atoms with Crippen molar-refractivity contribution in [2.24, 2.45) is 0 Å². The largest absolute Gasteiger partial charge is 0.373 e. The molecule has 0 aliphatic carbocycles. The van der Waals surface area contributed by atoms with Crippen LogP contribution in [0.1, 0.15) is 24.2 Å². The summed E-state index contributed by atoms with van der Waals surface area (Å²) in [5, 5.41) is 0. The highest BCUT2D eigenvalue weighted by Crippen LogP contribution is 2.31. The van der Waals surface area contributed by atoms with Crippen LogP contribution in [0.2, 0.25) is 0 Å². The monoisotopic (exact) mass is 333 g/mol. The third-order valence-electron chi connectivity index (χ3n) is 4.64. The van der Waals surface area contributed by atoms with E-state index in [0.717, 1.165) is 30.8 Å². The number of nitrogens with zero attached hydrogens (tertiary/aromatic N) is 3. The number of hydrogen-bond acceptors (Lipinski definition) is 5. The molecule has 1 aromatic heterocycles. The maximum absolute atomic E-state index is 12.5. The normalized spacial score (nSPS) is 26.7. The van der Waals surface area contributed by atoms with E-state index in [1.54, 1.807) is 0 Å². The van der Waals surface area contributed by atoms with Crippen molar-refractivity contribution in [2.45, 2.75) is 44.6 Å². The number of pyridine rings is 1. The molecule has 0 bridgehead atoms. The summed E-state index contributed by atoms with van der Waals surface area (Å²) in [6.07, 6.45) is 1.89. The van der Waals surface area contributed by atoms with Crippen molar-refractivity contribution >= 4 is 5.91 Å². The van der Waals surface area contributed by atoms with Gasteiger partial charge >= 0.3 is 0 Å². The van der Waals surface area contributed by atoms with Gasteiger partial charge in [0.2, 0.25) is 5.91 Å². The summed E-state index contributed by atoms with van der Waals surface area (Å²) in [6, 6.07) is 6.07. The SMILES string of the molecule is Cc1cccc(CO[C@@H]2CN(C(=O)CN(C)C)[C@@H]3CCCO[C@@H]32)n1. The van der Waals surface area contributed by atoms with Crippen molar-refractivity contribution < 1.29 is 14.3 Å². The molecule has 2 fully saturated rings. The van der Waals surface area contributed by atoms with Crippen molar-refractivity contribution in [1.82, 2.24) is 14.8 Å². The molecule has 6 heteroatoms. The summed E-state index contributed by atoms with van der Waals surface area (Å²) < 4.78 is 12.1. The lowest BCUT2D eigenvalue weighted by Gasteiger charge is -2.32. The Morgan fingerprint density at radius 2 is 2.29 bits per heavy atom. The predicted molar refractivity (Wildman–Crippen MR) is 90.6 cm³/mol. The van der Waals surface area contributed by atoms with Crippen molar-refractivity contribution in [3.63, 3.8) is 0 Å². The van der Waals surface area contributed by atoms with Crippen LogP contribution in [0.25, 0.3) is 0 Å². The Balaban J connectivity index is 1.65. The fourth-order valence-electron chi connectivity index (χ4n) is 3.58. The van der Waals surface area contributed by atoms with Gasteiger partial charge in [-0.1, -0.05) is 6.07 Å². The minimum Gasteiger partial charge on any atom is -0.373 e. The van der Waals surface area contributed by atoms with Gasteiger partial charge in [0, 0.05) is 18.8 Å². The predicted octanol–water partition coefficient (Wildman–Crippen LogP) is 1.23. The summed E-state index contributed by atoms with van der Waals surface area (Å²) in [7, 11) is 3.83. The van der Waals surface area contributed by atoms with Crippen LogP contribution in [-0.4, -0.2) is 72.7 Å². The summed E-state index contributed by atoms with van der Waals surface area (Å²) in [5.74, 6) is 0.153. The second kappa shape index (κ2) is 7.59. The van der Waals surface area contributed by atoms with Crippen LogP contribution >= 0.6 is 0 Å². The highest BCUT2D eigenvalue weighted by Gasteiger charge is 2.46. The van der Waals surface area contributed by atoms with Gasteiger partial charge in [0.05, 0.1) is 24.9 Å². The Kier molecular flexibility index (Phi) is 5.48. The third kappa shape index (κ3) is 3.94. The van der Waals surface area contributed by atoms with Crippen LogP contribution in [0.15, 0.2) is 18.2 Å². The average molecular weight is 333 g/mol. The first-order valence-corrected chi connectivity index (χ1v) is 8.64. The number of hydrogen-bond donors (Lipinski definition) is 0. The maximum Gasteiger partial charge on any atom is 0.237 e. The summed E-state index contributed by atoms with van der Waals surface area (Å²) in [5.41, 5.74) is 1.90. The molecule has 0 spiro atoms. The number of likely N-dealkylation sites (N-methyl/N-ethyl adjacent to an activating group) is 1. The van der Waals surface area contributed by atoms with Gasteiger partial charge in [-0.15, -0.1) is 0 Å². The highest BCUT2D eigenvalue weighted by atomic mass is 16.5. The van der Waals surface area contributed by atoms with E-state index in [1.807, 2.05) is 49.0 Å². The van der Waals surface area contributed by atoms with Gasteiger partial charge in [-0.25, -0.2) is 0 Å². The van der Waals surface area contributed by atoms with E-state index in [2.05, 4.69) is 4.98 Å². The Hall–Kier alpha value is -1.50. The molecular formula is C18H27N3O3. The lowest BCUT2D eigenvalue weighted by Crippen LogP contribution is -2.46. The van der Waals surface area contributed by atoms with Crippen molar-refractivity contribution in [2.75, 3.05) is 33.8 Å². The molecule has 132 valence electrons. The molecule has 0 radical (unpaired) electrons. The Morgan fingerprint density at radius 1 is 1.46 bits per heavy atom. The van der Waals surface area contributed by atoms with Gasteiger partial charge in [-0.05, 0) is 46.0 Å². The van der Waals surface area contributed by atoms with Crippen LogP contribution in [0.4, 0.5) is 0 Å². The molecule has 0 saturated carbocycles. The fourth-order valence-corrected chi connectivity index (χ4v) is 3.58. The summed E-state index contributed by atoms with van der Waals surface area (Å²) in [4.78, 5) is 20.9. The molecule has 6 nitrogen and oxygen atoms in total. The molecular weight excluding hydrogens is 306 g/mol. The van der Waals surface area contributed by atoms with E-state index in [9.17, 15) is 4.79 Å². The number of likely N-dealkylation sites (tertiary alicyclic amines) is 1. The molecule has 2 saturated heterocycles. The van der Waals surface area contributed by atoms with Gasteiger partial charge in [0.15, 0.2) is 0 Å². The zero-order valence-corrected chi connectivity index (χ0v) is 14.8. The molecule has 3 rings (SSSR count). The van der Waals surface area contributed by atoms with Gasteiger partial charge in [0.1, 0.15) is 12.2 Å². The van der Waals surface area contributed by atoms with Gasteiger partial charge in [0.25, 0.3) is 0 Å². The van der Waals surface area contributed by atoms with Crippen molar-refractivity contribution in [3.8, 4) is 0 Å². The highest BCUT2D eigenvalue weighted by molar-refractivity contribution is 5.79. The maximum atomic E-state index is 12.5. The third-order valence-corrected chi connectivity index (χ3v) is 4.64. The lowest BCUT2D eigenvalue weighted by molar-refractivity contribution is -0.135. The number of aryl methyl sites for hydroxylation is 1. The minimum atomic E-state index is -0.0799. The van der Waals surface area contributed by atoms with Gasteiger partial charge < -0.3 is 19.3 Å². The average Bonchev–Trinajstić information content (AvgIpc) is 2.91. The Labute approximate surface area is 143 Å². The second-order valence-electron chi connectivity index (χ2n) is 6.95. The molecule has 2 aliphatic heterocycles. The van der Waals surface area contributed by atoms with Gasteiger partial charge in [-0.3, -0.25) is 9.78 Å². The minimum absolute atomic E-state index is 0.0188. The van der Waals surface area contributed by atoms with Crippen molar-refractivity contribution in [1.29, 1.82) is 0 Å². The number of carbonyl (C=O) groups is 1. The summed E-state index contributed by atoms with van der Waals surface area (Å²) >= 11 is 0.